The fraction of sp³-hybridized carbons (Fsp3) is 0.529. The van der Waals surface area contributed by atoms with Gasteiger partial charge < -0.3 is 9.47 Å². The van der Waals surface area contributed by atoms with Crippen molar-refractivity contribution in [3.05, 3.63) is 148 Å². The van der Waals surface area contributed by atoms with Crippen molar-refractivity contribution in [2.75, 3.05) is 0 Å². The number of carbonyl (C=O) groups is 2. The lowest BCUT2D eigenvalue weighted by Crippen LogP contribution is -2.16. The molecule has 5 rings (SSSR count). The second kappa shape index (κ2) is 39.9. The molecular formula is C68H93N5O6. The van der Waals surface area contributed by atoms with Gasteiger partial charge in [-0.1, -0.05) is 237 Å². The van der Waals surface area contributed by atoms with Gasteiger partial charge in [0.05, 0.1) is 27.7 Å². The highest BCUT2D eigenvalue weighted by atomic mass is 16.6. The Morgan fingerprint density at radius 2 is 0.595 bits per heavy atom. The minimum atomic E-state index is -1.00. The van der Waals surface area contributed by atoms with Crippen LogP contribution in [0.1, 0.15) is 251 Å². The Morgan fingerprint density at radius 3 is 0.848 bits per heavy atom. The molecule has 0 aliphatic rings. The van der Waals surface area contributed by atoms with E-state index in [1.54, 1.807) is 24.3 Å². The first kappa shape index (κ1) is 63.5. The van der Waals surface area contributed by atoms with E-state index in [0.29, 0.717) is 11.4 Å². The lowest BCUT2D eigenvalue weighted by Gasteiger charge is -2.09. The Kier molecular flexibility index (Phi) is 32.1. The van der Waals surface area contributed by atoms with Gasteiger partial charge in [0, 0.05) is 0 Å². The fourth-order valence-electron chi connectivity index (χ4n) is 10.00. The van der Waals surface area contributed by atoms with E-state index >= 15 is 0 Å². The molecule has 79 heavy (non-hydrogen) atoms. The maximum atomic E-state index is 13.3. The number of nitrogens with zero attached hydrogens (tertiary/aromatic N) is 5. The highest BCUT2D eigenvalue weighted by Crippen LogP contribution is 2.30. The van der Waals surface area contributed by atoms with E-state index in [9.17, 15) is 19.7 Å². The standard InChI is InChI=1S/C68H93N5O6/c1-3-5-7-9-11-13-15-17-19-21-23-25-27-29-31-33-36-56-40-44-58(45-41-56)69-71-60-48-52-62(53-49-60)78-67(74)64-38-35-39-65(66(64)73(76)77)68(75)79-63-54-50-61(51-55-63)72-70-59-46-42-57(43-47-59)37-34-32-30-28-26-24-22-20-18-16-14-12-10-8-6-4-2/h35,38-55H,3-34,36-37H2,1-2H3. The summed E-state index contributed by atoms with van der Waals surface area (Å²) in [6.45, 7) is 4.56. The highest BCUT2D eigenvalue weighted by Gasteiger charge is 2.30. The molecule has 0 unspecified atom stereocenters. The first-order valence-corrected chi connectivity index (χ1v) is 30.8. The average molecular weight is 1080 g/mol. The Morgan fingerprint density at radius 1 is 0.354 bits per heavy atom. The van der Waals surface area contributed by atoms with Crippen LogP contribution >= 0.6 is 0 Å². The molecule has 11 nitrogen and oxygen atoms in total. The van der Waals surface area contributed by atoms with Gasteiger partial charge in [0.1, 0.15) is 22.6 Å². The van der Waals surface area contributed by atoms with Gasteiger partial charge in [-0.05, 0) is 122 Å². The van der Waals surface area contributed by atoms with Gasteiger partial charge in [0.25, 0.3) is 5.69 Å². The highest BCUT2D eigenvalue weighted by molar-refractivity contribution is 6.03. The summed E-state index contributed by atoms with van der Waals surface area (Å²) in [6.07, 6.45) is 45.7. The molecule has 426 valence electrons. The fourth-order valence-corrected chi connectivity index (χ4v) is 10.00. The molecule has 5 aromatic rings. The van der Waals surface area contributed by atoms with Crippen molar-refractivity contribution in [1.82, 2.24) is 0 Å². The maximum Gasteiger partial charge on any atom is 0.350 e. The van der Waals surface area contributed by atoms with Crippen LogP contribution in [0.3, 0.4) is 0 Å². The minimum Gasteiger partial charge on any atom is -0.423 e. The van der Waals surface area contributed by atoms with E-state index in [0.717, 1.165) is 24.2 Å². The molecular weight excluding hydrogens is 983 g/mol. The molecule has 0 aliphatic carbocycles. The van der Waals surface area contributed by atoms with Crippen LogP contribution in [-0.2, 0) is 12.8 Å². The zero-order valence-corrected chi connectivity index (χ0v) is 48.2. The lowest BCUT2D eigenvalue weighted by molar-refractivity contribution is -0.385. The number of nitro groups is 1. The van der Waals surface area contributed by atoms with Gasteiger partial charge in [0.15, 0.2) is 0 Å². The normalized spacial score (nSPS) is 11.5. The molecule has 0 radical (unpaired) electrons. The average Bonchev–Trinajstić information content (AvgIpc) is 3.50. The predicted molar refractivity (Wildman–Crippen MR) is 324 cm³/mol. The number of rotatable bonds is 43. The number of benzene rings is 5. The summed E-state index contributed by atoms with van der Waals surface area (Å²) in [4.78, 5) is 38.2. The SMILES string of the molecule is CCCCCCCCCCCCCCCCCCc1ccc(N=Nc2ccc(OC(=O)c3cccc(C(=O)Oc4ccc(N=Nc5ccc(CCCCCCCCCCCCCCCCCC)cc5)cc4)c3[N+](=O)[O-])cc2)cc1. The summed E-state index contributed by atoms with van der Waals surface area (Å²) in [5.74, 6) is -1.73. The summed E-state index contributed by atoms with van der Waals surface area (Å²) >= 11 is 0. The van der Waals surface area contributed by atoms with Crippen molar-refractivity contribution < 1.29 is 24.0 Å². The summed E-state index contributed by atoms with van der Waals surface area (Å²) in [6, 6.07) is 32.7. The Balaban J connectivity index is 0.958. The number of aryl methyl sites for hydroxylation is 2. The van der Waals surface area contributed by atoms with E-state index < -0.39 is 33.7 Å². The summed E-state index contributed by atoms with van der Waals surface area (Å²) in [5, 5.41) is 29.7. The van der Waals surface area contributed by atoms with Gasteiger partial charge in [-0.2, -0.15) is 20.5 Å². The van der Waals surface area contributed by atoms with Gasteiger partial charge >= 0.3 is 11.9 Å². The largest absolute Gasteiger partial charge is 0.423 e. The van der Waals surface area contributed by atoms with Crippen molar-refractivity contribution in [3.63, 3.8) is 0 Å². The monoisotopic (exact) mass is 1080 g/mol. The quantitative estimate of drug-likeness (QED) is 0.00949. The molecule has 0 aromatic heterocycles. The molecule has 0 saturated heterocycles. The third-order valence-electron chi connectivity index (χ3n) is 14.8. The van der Waals surface area contributed by atoms with E-state index in [4.69, 9.17) is 9.47 Å². The number of carbonyl (C=O) groups excluding carboxylic acids is 2. The molecule has 11 heteroatoms. The zero-order chi connectivity index (χ0) is 55.8. The lowest BCUT2D eigenvalue weighted by atomic mass is 10.0. The van der Waals surface area contributed by atoms with E-state index in [1.807, 2.05) is 24.3 Å². The van der Waals surface area contributed by atoms with Crippen LogP contribution in [0.15, 0.2) is 136 Å². The minimum absolute atomic E-state index is 0.139. The second-order valence-electron chi connectivity index (χ2n) is 21.6. The van der Waals surface area contributed by atoms with Crippen LogP contribution in [0.25, 0.3) is 0 Å². The topological polar surface area (TPSA) is 145 Å². The molecule has 0 heterocycles. The first-order chi connectivity index (χ1) is 38.8. The van der Waals surface area contributed by atoms with Crippen LogP contribution < -0.4 is 9.47 Å². The van der Waals surface area contributed by atoms with Crippen molar-refractivity contribution in [2.45, 2.75) is 232 Å². The number of nitro benzene ring substituents is 1. The third-order valence-corrected chi connectivity index (χ3v) is 14.8. The molecule has 0 aliphatic heterocycles. The predicted octanol–water partition coefficient (Wildman–Crippen LogP) is 22.5. The first-order valence-electron chi connectivity index (χ1n) is 30.8. The van der Waals surface area contributed by atoms with Crippen LogP contribution in [0.5, 0.6) is 11.5 Å². The summed E-state index contributed by atoms with van der Waals surface area (Å²) < 4.78 is 11.0. The van der Waals surface area contributed by atoms with Crippen LogP contribution in [0, 0.1) is 10.1 Å². The van der Waals surface area contributed by atoms with Crippen molar-refractivity contribution in [1.29, 1.82) is 0 Å². The van der Waals surface area contributed by atoms with E-state index in [2.05, 4.69) is 58.6 Å². The molecule has 0 amide bonds. The number of hydrogen-bond donors (Lipinski definition) is 0. The second-order valence-corrected chi connectivity index (χ2v) is 21.6. The van der Waals surface area contributed by atoms with Crippen LogP contribution in [0.4, 0.5) is 28.4 Å². The van der Waals surface area contributed by atoms with E-state index in [1.165, 1.54) is 259 Å². The molecule has 0 atom stereocenters. The smallest absolute Gasteiger partial charge is 0.350 e. The summed E-state index contributed by atoms with van der Waals surface area (Å²) in [7, 11) is 0. The number of azo groups is 2. The van der Waals surface area contributed by atoms with E-state index in [-0.39, 0.29) is 11.5 Å². The van der Waals surface area contributed by atoms with Gasteiger partial charge in [-0.25, -0.2) is 9.59 Å². The van der Waals surface area contributed by atoms with Crippen LogP contribution in [0.2, 0.25) is 0 Å². The van der Waals surface area contributed by atoms with Gasteiger partial charge in [-0.3, -0.25) is 10.1 Å². The Labute approximate surface area is 474 Å². The molecule has 0 spiro atoms. The van der Waals surface area contributed by atoms with Crippen molar-refractivity contribution in [3.8, 4) is 11.5 Å². The van der Waals surface area contributed by atoms with Crippen molar-refractivity contribution >= 4 is 40.4 Å². The number of ether oxygens (including phenoxy) is 2. The zero-order valence-electron chi connectivity index (χ0n) is 48.2. The summed E-state index contributed by atoms with van der Waals surface area (Å²) in [5.41, 5.74) is 3.57. The number of hydrogen-bond acceptors (Lipinski definition) is 10. The molecule has 0 N–H and O–H groups in total. The molecule has 0 fully saturated rings. The molecule has 0 bridgehead atoms. The maximum absolute atomic E-state index is 13.3. The Hall–Kier alpha value is -6.36. The molecule has 0 saturated carbocycles. The number of para-hydroxylation sites is 1. The third kappa shape index (κ3) is 26.9. The van der Waals surface area contributed by atoms with Crippen LogP contribution in [-0.4, -0.2) is 16.9 Å². The van der Waals surface area contributed by atoms with Gasteiger partial charge in [0.2, 0.25) is 0 Å². The molecule has 5 aromatic carbocycles. The number of esters is 2. The van der Waals surface area contributed by atoms with Gasteiger partial charge in [-0.15, -0.1) is 0 Å². The van der Waals surface area contributed by atoms with Crippen molar-refractivity contribution in [2.24, 2.45) is 20.5 Å². The number of unbranched alkanes of at least 4 members (excludes halogenated alkanes) is 30. The Bertz CT molecular complexity index is 2340.